The van der Waals surface area contributed by atoms with Crippen LogP contribution in [0, 0.1) is 0 Å². The van der Waals surface area contributed by atoms with Gasteiger partial charge in [0.05, 0.1) is 23.8 Å². The highest BCUT2D eigenvalue weighted by molar-refractivity contribution is 8.27. The molecule has 0 unspecified atom stereocenters. The Balaban J connectivity index is 1.82. The van der Waals surface area contributed by atoms with Crippen molar-refractivity contribution in [3.05, 3.63) is 52.9 Å². The molecule has 6 nitrogen and oxygen atoms in total. The lowest BCUT2D eigenvalue weighted by atomic mass is 10.1. The van der Waals surface area contributed by atoms with E-state index in [0.717, 1.165) is 16.1 Å². The predicted octanol–water partition coefficient (Wildman–Crippen LogP) is 5.15. The van der Waals surface area contributed by atoms with E-state index in [-0.39, 0.29) is 12.5 Å². The zero-order valence-corrected chi connectivity index (χ0v) is 20.4. The number of amides is 1. The van der Waals surface area contributed by atoms with E-state index >= 15 is 0 Å². The minimum absolute atomic E-state index is 0.168. The zero-order chi connectivity index (χ0) is 23.1. The first-order valence-corrected chi connectivity index (χ1v) is 12.4. The van der Waals surface area contributed by atoms with Gasteiger partial charge in [-0.2, -0.15) is 0 Å². The number of esters is 1. The molecule has 0 atom stereocenters. The molecule has 2 aromatic rings. The summed E-state index contributed by atoms with van der Waals surface area (Å²) in [5, 5.41) is 0. The molecule has 1 amide bonds. The summed E-state index contributed by atoms with van der Waals surface area (Å²) < 4.78 is 16.6. The van der Waals surface area contributed by atoms with Crippen LogP contribution in [-0.4, -0.2) is 42.3 Å². The van der Waals surface area contributed by atoms with Gasteiger partial charge in [-0.15, -0.1) is 11.8 Å². The maximum Gasteiger partial charge on any atom is 0.344 e. The average Bonchev–Trinajstić information content (AvgIpc) is 3.06. The smallest absolute Gasteiger partial charge is 0.344 e. The van der Waals surface area contributed by atoms with Crippen LogP contribution in [0.5, 0.6) is 11.5 Å². The van der Waals surface area contributed by atoms with E-state index in [0.29, 0.717) is 33.9 Å². The summed E-state index contributed by atoms with van der Waals surface area (Å²) in [5.41, 5.74) is 1.51. The molecule has 0 spiro atoms. The van der Waals surface area contributed by atoms with Gasteiger partial charge in [0.2, 0.25) is 0 Å². The van der Waals surface area contributed by atoms with Gasteiger partial charge in [0.1, 0.15) is 0 Å². The monoisotopic (exact) mass is 489 g/mol. The van der Waals surface area contributed by atoms with Crippen LogP contribution in [0.4, 0.5) is 5.69 Å². The van der Waals surface area contributed by atoms with Crippen LogP contribution in [-0.2, 0) is 14.3 Å². The highest BCUT2D eigenvalue weighted by Gasteiger charge is 2.33. The summed E-state index contributed by atoms with van der Waals surface area (Å²) in [4.78, 5) is 27.8. The van der Waals surface area contributed by atoms with Crippen LogP contribution in [0.15, 0.2) is 52.3 Å². The molecule has 0 saturated carbocycles. The quantitative estimate of drug-likeness (QED) is 0.207. The van der Waals surface area contributed by atoms with E-state index in [9.17, 15) is 9.59 Å². The lowest BCUT2D eigenvalue weighted by molar-refractivity contribution is -0.145. The fourth-order valence-electron chi connectivity index (χ4n) is 2.93. The highest BCUT2D eigenvalue weighted by Crippen LogP contribution is 2.38. The molecular formula is C23H23NO5S3. The van der Waals surface area contributed by atoms with E-state index in [2.05, 4.69) is 0 Å². The molecule has 3 rings (SSSR count). The van der Waals surface area contributed by atoms with Gasteiger partial charge in [0, 0.05) is 4.90 Å². The number of nitrogens with zero attached hydrogens (tertiary/aromatic N) is 1. The van der Waals surface area contributed by atoms with Crippen molar-refractivity contribution in [3.8, 4) is 11.5 Å². The molecule has 0 N–H and O–H groups in total. The molecule has 0 aromatic heterocycles. The zero-order valence-electron chi connectivity index (χ0n) is 18.0. The van der Waals surface area contributed by atoms with Crippen molar-refractivity contribution < 1.29 is 23.8 Å². The van der Waals surface area contributed by atoms with E-state index in [4.69, 9.17) is 26.4 Å². The third-order valence-corrected chi connectivity index (χ3v) is 6.35. The van der Waals surface area contributed by atoms with E-state index in [1.54, 1.807) is 47.9 Å². The summed E-state index contributed by atoms with van der Waals surface area (Å²) in [6.07, 6.45) is 3.76. The first-order valence-electron chi connectivity index (χ1n) is 9.94. The van der Waals surface area contributed by atoms with Crippen LogP contribution in [0.25, 0.3) is 6.08 Å². The van der Waals surface area contributed by atoms with Gasteiger partial charge < -0.3 is 14.2 Å². The number of carbonyl (C=O) groups excluding carboxylic acids is 2. The van der Waals surface area contributed by atoms with Crippen LogP contribution in [0.1, 0.15) is 19.4 Å². The molecule has 9 heteroatoms. The van der Waals surface area contributed by atoms with Crippen molar-refractivity contribution in [3.63, 3.8) is 0 Å². The topological polar surface area (TPSA) is 65.1 Å². The summed E-state index contributed by atoms with van der Waals surface area (Å²) in [6, 6.07) is 13.0. The van der Waals surface area contributed by atoms with Gasteiger partial charge in [-0.25, -0.2) is 4.79 Å². The van der Waals surface area contributed by atoms with Crippen LogP contribution < -0.4 is 14.4 Å². The molecule has 1 saturated heterocycles. The normalized spacial score (nSPS) is 14.7. The number of anilines is 1. The summed E-state index contributed by atoms with van der Waals surface area (Å²) in [6.45, 7) is 4.10. The Morgan fingerprint density at radius 3 is 2.66 bits per heavy atom. The molecule has 168 valence electrons. The predicted molar refractivity (Wildman–Crippen MR) is 134 cm³/mol. The standard InChI is InChI=1S/C23H23NO5S3/c1-4-27-19-11-15(9-10-18(19)29-14-21(25)28-5-2)12-20-22(26)24(23(30)32-20)16-7-6-8-17(13-16)31-3/h6-13H,4-5,14H2,1-3H3/b20-12-. The number of thiocarbonyl (C=S) groups is 1. The molecule has 1 aliphatic heterocycles. The molecule has 0 bridgehead atoms. The second-order valence-electron chi connectivity index (χ2n) is 6.45. The maximum absolute atomic E-state index is 13.1. The fraction of sp³-hybridized carbons (Fsp3) is 0.261. The first-order chi connectivity index (χ1) is 15.5. The molecule has 32 heavy (non-hydrogen) atoms. The van der Waals surface area contributed by atoms with Gasteiger partial charge in [-0.05, 0) is 62.1 Å². The first kappa shape index (κ1) is 24.2. The Hall–Kier alpha value is -2.49. The number of rotatable bonds is 9. The summed E-state index contributed by atoms with van der Waals surface area (Å²) >= 11 is 8.34. The minimum Gasteiger partial charge on any atom is -0.490 e. The van der Waals surface area contributed by atoms with Crippen molar-refractivity contribution >= 4 is 63.7 Å². The van der Waals surface area contributed by atoms with Crippen molar-refractivity contribution in [2.75, 3.05) is 31.0 Å². The second kappa shape index (κ2) is 11.4. The molecule has 0 radical (unpaired) electrons. The Morgan fingerprint density at radius 2 is 1.94 bits per heavy atom. The molecule has 1 heterocycles. The van der Waals surface area contributed by atoms with Crippen LogP contribution in [0.3, 0.4) is 0 Å². The van der Waals surface area contributed by atoms with Gasteiger partial charge >= 0.3 is 5.97 Å². The van der Waals surface area contributed by atoms with E-state index < -0.39 is 5.97 Å². The lowest BCUT2D eigenvalue weighted by Gasteiger charge is -2.15. The number of carbonyl (C=O) groups is 2. The van der Waals surface area contributed by atoms with E-state index in [1.807, 2.05) is 37.4 Å². The Morgan fingerprint density at radius 1 is 1.12 bits per heavy atom. The van der Waals surface area contributed by atoms with Crippen molar-refractivity contribution in [2.24, 2.45) is 0 Å². The molecular weight excluding hydrogens is 466 g/mol. The maximum atomic E-state index is 13.1. The summed E-state index contributed by atoms with van der Waals surface area (Å²) in [5.74, 6) is 0.291. The third kappa shape index (κ3) is 5.85. The van der Waals surface area contributed by atoms with Gasteiger partial charge in [0.25, 0.3) is 5.91 Å². The van der Waals surface area contributed by atoms with Gasteiger partial charge in [-0.3, -0.25) is 9.69 Å². The average molecular weight is 490 g/mol. The number of ether oxygens (including phenoxy) is 3. The Bertz CT molecular complexity index is 1050. The van der Waals surface area contributed by atoms with Crippen LogP contribution in [0.2, 0.25) is 0 Å². The van der Waals surface area contributed by atoms with Crippen LogP contribution >= 0.6 is 35.7 Å². The third-order valence-electron chi connectivity index (χ3n) is 4.32. The molecule has 0 aliphatic carbocycles. The summed E-state index contributed by atoms with van der Waals surface area (Å²) in [7, 11) is 0. The lowest BCUT2D eigenvalue weighted by Crippen LogP contribution is -2.27. The highest BCUT2D eigenvalue weighted by atomic mass is 32.2. The van der Waals surface area contributed by atoms with Crippen molar-refractivity contribution in [1.82, 2.24) is 0 Å². The van der Waals surface area contributed by atoms with Crippen molar-refractivity contribution in [1.29, 1.82) is 0 Å². The number of hydrogen-bond donors (Lipinski definition) is 0. The van der Waals surface area contributed by atoms with Crippen molar-refractivity contribution in [2.45, 2.75) is 18.7 Å². The molecule has 1 aliphatic rings. The molecule has 2 aromatic carbocycles. The minimum atomic E-state index is -0.451. The van der Waals surface area contributed by atoms with E-state index in [1.165, 1.54) is 11.8 Å². The second-order valence-corrected chi connectivity index (χ2v) is 9.01. The largest absolute Gasteiger partial charge is 0.490 e. The molecule has 1 fully saturated rings. The fourth-order valence-corrected chi connectivity index (χ4v) is 4.68. The van der Waals surface area contributed by atoms with Gasteiger partial charge in [-0.1, -0.05) is 36.1 Å². The van der Waals surface area contributed by atoms with Gasteiger partial charge in [0.15, 0.2) is 22.4 Å². The Labute approximate surface area is 201 Å². The number of benzene rings is 2. The number of thioether (sulfide) groups is 2. The Kier molecular flexibility index (Phi) is 8.60. The SMILES string of the molecule is CCOC(=O)COc1ccc(/C=C2\SC(=S)N(c3cccc(SC)c3)C2=O)cc1OCC. The number of hydrogen-bond acceptors (Lipinski definition) is 8.